The van der Waals surface area contributed by atoms with Crippen LogP contribution in [-0.4, -0.2) is 78.4 Å². The average molecular weight is 417 g/mol. The predicted octanol–water partition coefficient (Wildman–Crippen LogP) is 2.62. The standard InChI is InChI=1S/C24H44N6/c1-5-21-19(4)25-24(27-21)22-8-6-9-23(26-22)30-13-7-12-29(16-17-30)20-10-14-28(15-11-20)18(2)3/h8,18,20,23-27H,5-7,9-17H2,1-4H3. The van der Waals surface area contributed by atoms with Crippen LogP contribution in [0.5, 0.6) is 0 Å². The Bertz CT molecular complexity index is 634. The van der Waals surface area contributed by atoms with Crippen molar-refractivity contribution in [3.8, 4) is 0 Å². The van der Waals surface area contributed by atoms with Crippen molar-refractivity contribution in [1.29, 1.82) is 0 Å². The number of piperidine rings is 1. The minimum Gasteiger partial charge on any atom is -0.370 e. The molecule has 2 saturated heterocycles. The predicted molar refractivity (Wildman–Crippen MR) is 125 cm³/mol. The van der Waals surface area contributed by atoms with Crippen LogP contribution in [0.4, 0.5) is 0 Å². The van der Waals surface area contributed by atoms with Crippen LogP contribution in [0.3, 0.4) is 0 Å². The van der Waals surface area contributed by atoms with Crippen LogP contribution in [0.15, 0.2) is 23.2 Å². The third kappa shape index (κ3) is 4.97. The fourth-order valence-electron chi connectivity index (χ4n) is 5.74. The van der Waals surface area contributed by atoms with Crippen LogP contribution in [0.2, 0.25) is 0 Å². The van der Waals surface area contributed by atoms with E-state index in [2.05, 4.69) is 64.4 Å². The van der Waals surface area contributed by atoms with Crippen LogP contribution >= 0.6 is 0 Å². The van der Waals surface area contributed by atoms with Gasteiger partial charge in [0.25, 0.3) is 0 Å². The summed E-state index contributed by atoms with van der Waals surface area (Å²) in [5.41, 5.74) is 3.97. The summed E-state index contributed by atoms with van der Waals surface area (Å²) >= 11 is 0. The normalized spacial score (nSPS) is 30.6. The van der Waals surface area contributed by atoms with E-state index in [1.165, 1.54) is 88.5 Å². The Hall–Kier alpha value is -1.24. The molecule has 6 nitrogen and oxygen atoms in total. The lowest BCUT2D eigenvalue weighted by Crippen LogP contribution is -2.53. The van der Waals surface area contributed by atoms with Crippen molar-refractivity contribution in [1.82, 2.24) is 30.7 Å². The van der Waals surface area contributed by atoms with Crippen LogP contribution in [0.1, 0.15) is 66.2 Å². The molecule has 6 heteroatoms. The first kappa shape index (κ1) is 22.0. The molecule has 4 aliphatic rings. The molecule has 3 N–H and O–H groups in total. The number of likely N-dealkylation sites (tertiary alicyclic amines) is 1. The van der Waals surface area contributed by atoms with Crippen molar-refractivity contribution in [2.24, 2.45) is 0 Å². The first-order valence-corrected chi connectivity index (χ1v) is 12.5. The lowest BCUT2D eigenvalue weighted by Gasteiger charge is -2.40. The molecule has 2 fully saturated rings. The molecule has 0 aliphatic carbocycles. The summed E-state index contributed by atoms with van der Waals surface area (Å²) < 4.78 is 0. The van der Waals surface area contributed by atoms with Gasteiger partial charge in [0.2, 0.25) is 0 Å². The van der Waals surface area contributed by atoms with Gasteiger partial charge in [0.15, 0.2) is 0 Å². The van der Waals surface area contributed by atoms with Crippen molar-refractivity contribution < 1.29 is 0 Å². The molecule has 30 heavy (non-hydrogen) atoms. The molecule has 170 valence electrons. The highest BCUT2D eigenvalue weighted by Gasteiger charge is 2.31. The third-order valence-electron chi connectivity index (χ3n) is 7.69. The number of hydrogen-bond donors (Lipinski definition) is 3. The minimum absolute atomic E-state index is 0.220. The summed E-state index contributed by atoms with van der Waals surface area (Å²) in [4.78, 5) is 8.16. The number of rotatable bonds is 5. The van der Waals surface area contributed by atoms with Gasteiger partial charge in [0, 0.05) is 43.1 Å². The highest BCUT2D eigenvalue weighted by atomic mass is 15.3. The second-order valence-electron chi connectivity index (χ2n) is 9.86. The molecule has 4 heterocycles. The van der Waals surface area contributed by atoms with E-state index in [9.17, 15) is 0 Å². The molecule has 0 amide bonds. The second kappa shape index (κ2) is 9.92. The molecule has 2 atom stereocenters. The smallest absolute Gasteiger partial charge is 0.137 e. The molecule has 0 bridgehead atoms. The number of nitrogens with one attached hydrogen (secondary N) is 3. The van der Waals surface area contributed by atoms with E-state index in [-0.39, 0.29) is 6.17 Å². The summed E-state index contributed by atoms with van der Waals surface area (Å²) in [6, 6.07) is 1.49. The van der Waals surface area contributed by atoms with Crippen molar-refractivity contribution >= 4 is 0 Å². The van der Waals surface area contributed by atoms with Crippen LogP contribution in [0, 0.1) is 0 Å². The Morgan fingerprint density at radius 1 is 0.933 bits per heavy atom. The Labute approximate surface area is 184 Å². The van der Waals surface area contributed by atoms with Gasteiger partial charge in [0.05, 0.1) is 11.9 Å². The average Bonchev–Trinajstić information content (AvgIpc) is 2.98. The maximum absolute atomic E-state index is 3.88. The second-order valence-corrected chi connectivity index (χ2v) is 9.86. The van der Waals surface area contributed by atoms with Gasteiger partial charge >= 0.3 is 0 Å². The molecule has 4 rings (SSSR count). The Balaban J connectivity index is 1.27. The minimum atomic E-state index is 0.220. The number of allylic oxidation sites excluding steroid dienone is 3. The quantitative estimate of drug-likeness (QED) is 0.640. The van der Waals surface area contributed by atoms with E-state index in [4.69, 9.17) is 0 Å². The molecule has 0 aromatic carbocycles. The maximum Gasteiger partial charge on any atom is 0.137 e. The zero-order valence-corrected chi connectivity index (χ0v) is 19.7. The molecular formula is C24H44N6. The van der Waals surface area contributed by atoms with Gasteiger partial charge < -0.3 is 20.9 Å². The largest absolute Gasteiger partial charge is 0.370 e. The highest BCUT2D eigenvalue weighted by molar-refractivity contribution is 5.25. The van der Waals surface area contributed by atoms with Crippen molar-refractivity contribution in [3.05, 3.63) is 23.2 Å². The first-order chi connectivity index (χ1) is 14.5. The van der Waals surface area contributed by atoms with E-state index < -0.39 is 0 Å². The van der Waals surface area contributed by atoms with E-state index in [1.54, 1.807) is 0 Å². The van der Waals surface area contributed by atoms with Crippen molar-refractivity contribution in [2.45, 2.75) is 90.6 Å². The molecule has 0 saturated carbocycles. The SMILES string of the molecule is CCC1=C(C)NC(C2=CCCC(N3CCCN(C4CCN(C(C)C)CC4)CC3)N2)N1. The first-order valence-electron chi connectivity index (χ1n) is 12.5. The van der Waals surface area contributed by atoms with E-state index in [0.717, 1.165) is 12.5 Å². The van der Waals surface area contributed by atoms with Crippen molar-refractivity contribution in [2.75, 3.05) is 39.3 Å². The lowest BCUT2D eigenvalue weighted by atomic mass is 10.0. The molecular weight excluding hydrogens is 372 g/mol. The van der Waals surface area contributed by atoms with Gasteiger partial charge in [-0.3, -0.25) is 9.80 Å². The molecule has 0 aromatic heterocycles. The van der Waals surface area contributed by atoms with Gasteiger partial charge in [-0.2, -0.15) is 0 Å². The zero-order valence-electron chi connectivity index (χ0n) is 19.7. The van der Waals surface area contributed by atoms with Gasteiger partial charge in [-0.15, -0.1) is 0 Å². The number of nitrogens with zero attached hydrogens (tertiary/aromatic N) is 3. The van der Waals surface area contributed by atoms with Gasteiger partial charge in [-0.1, -0.05) is 13.0 Å². The number of hydrogen-bond acceptors (Lipinski definition) is 6. The Morgan fingerprint density at radius 2 is 1.67 bits per heavy atom. The van der Waals surface area contributed by atoms with E-state index in [1.807, 2.05) is 0 Å². The van der Waals surface area contributed by atoms with Crippen LogP contribution < -0.4 is 16.0 Å². The molecule has 0 aromatic rings. The van der Waals surface area contributed by atoms with Gasteiger partial charge in [-0.25, -0.2) is 0 Å². The van der Waals surface area contributed by atoms with E-state index in [0.29, 0.717) is 12.2 Å². The summed E-state index contributed by atoms with van der Waals surface area (Å²) in [5, 5.41) is 11.2. The zero-order chi connectivity index (χ0) is 21.1. The van der Waals surface area contributed by atoms with E-state index >= 15 is 0 Å². The monoisotopic (exact) mass is 416 g/mol. The van der Waals surface area contributed by atoms with Gasteiger partial charge in [0.1, 0.15) is 6.17 Å². The Morgan fingerprint density at radius 3 is 2.37 bits per heavy atom. The highest BCUT2D eigenvalue weighted by Crippen LogP contribution is 2.23. The Kier molecular flexibility index (Phi) is 7.27. The fraction of sp³-hybridized carbons (Fsp3) is 0.833. The molecule has 2 unspecified atom stereocenters. The molecule has 0 spiro atoms. The van der Waals surface area contributed by atoms with Crippen LogP contribution in [-0.2, 0) is 0 Å². The molecule has 0 radical (unpaired) electrons. The fourth-order valence-corrected chi connectivity index (χ4v) is 5.74. The topological polar surface area (TPSA) is 45.8 Å². The summed E-state index contributed by atoms with van der Waals surface area (Å²) in [6.07, 6.45) is 10.5. The summed E-state index contributed by atoms with van der Waals surface area (Å²) in [5.74, 6) is 0. The van der Waals surface area contributed by atoms with Crippen LogP contribution in [0.25, 0.3) is 0 Å². The van der Waals surface area contributed by atoms with Gasteiger partial charge in [-0.05, 0) is 78.9 Å². The summed E-state index contributed by atoms with van der Waals surface area (Å²) in [6.45, 7) is 16.5. The lowest BCUT2D eigenvalue weighted by molar-refractivity contribution is 0.0908. The molecule has 4 aliphatic heterocycles. The maximum atomic E-state index is 3.88. The third-order valence-corrected chi connectivity index (χ3v) is 7.69. The summed E-state index contributed by atoms with van der Waals surface area (Å²) in [7, 11) is 0. The van der Waals surface area contributed by atoms with Crippen molar-refractivity contribution in [3.63, 3.8) is 0 Å².